The highest BCUT2D eigenvalue weighted by Crippen LogP contribution is 2.38. The molecule has 0 saturated heterocycles. The van der Waals surface area contributed by atoms with Crippen LogP contribution in [0.4, 0.5) is 22.0 Å². The number of hydrogen-bond acceptors (Lipinski definition) is 2. The average molecular weight is 211 g/mol. The molecule has 0 atom stereocenters. The van der Waals surface area contributed by atoms with Crippen LogP contribution in [0.3, 0.4) is 0 Å². The fourth-order valence-electron chi connectivity index (χ4n) is 0.653. The van der Waals surface area contributed by atoms with Crippen molar-refractivity contribution >= 4 is 0 Å². The molecule has 0 amide bonds. The number of halogens is 5. The Morgan fingerprint density at radius 1 is 1.07 bits per heavy atom. The van der Waals surface area contributed by atoms with E-state index in [9.17, 15) is 22.0 Å². The summed E-state index contributed by atoms with van der Waals surface area (Å²) < 4.78 is 59.8. The lowest BCUT2D eigenvalue weighted by Gasteiger charge is -2.18. The van der Waals surface area contributed by atoms with Crippen LogP contribution in [0, 0.1) is 6.42 Å². The van der Waals surface area contributed by atoms with Crippen LogP contribution in [0.25, 0.3) is 0 Å². The summed E-state index contributed by atoms with van der Waals surface area (Å²) in [6.45, 7) is 0. The van der Waals surface area contributed by atoms with Crippen LogP contribution in [-0.2, 0) is 0 Å². The Labute approximate surface area is 75.8 Å². The van der Waals surface area contributed by atoms with Gasteiger partial charge < -0.3 is 0 Å². The molecule has 0 aliphatic carbocycles. The monoisotopic (exact) mass is 211 g/mol. The molecule has 1 aromatic heterocycles. The molecular weight excluding hydrogens is 207 g/mol. The fraction of sp³-hybridized carbons (Fsp3) is 0.286. The molecule has 2 nitrogen and oxygen atoms in total. The normalized spacial score (nSPS) is 12.9. The second-order valence-electron chi connectivity index (χ2n) is 2.40. The highest BCUT2D eigenvalue weighted by molar-refractivity contribution is 5.14. The standard InChI is InChI=1S/C7H4F5N2/c8-6(9,7(10,11)12)3-5-4-13-1-2-14-5/h1-4H. The van der Waals surface area contributed by atoms with Gasteiger partial charge in [0.25, 0.3) is 0 Å². The predicted octanol–water partition coefficient (Wildman–Crippen LogP) is 2.23. The van der Waals surface area contributed by atoms with Gasteiger partial charge in [-0.15, -0.1) is 0 Å². The van der Waals surface area contributed by atoms with Gasteiger partial charge in [-0.25, -0.2) is 0 Å². The topological polar surface area (TPSA) is 25.8 Å². The largest absolute Gasteiger partial charge is 0.454 e. The second kappa shape index (κ2) is 3.47. The summed E-state index contributed by atoms with van der Waals surface area (Å²) in [7, 11) is 0. The Hall–Kier alpha value is -1.27. The molecule has 7 heteroatoms. The second-order valence-corrected chi connectivity index (χ2v) is 2.40. The molecule has 0 fully saturated rings. The first-order valence-electron chi connectivity index (χ1n) is 3.39. The Kier molecular flexibility index (Phi) is 2.68. The van der Waals surface area contributed by atoms with Gasteiger partial charge in [-0.1, -0.05) is 0 Å². The minimum Gasteiger partial charge on any atom is -0.261 e. The van der Waals surface area contributed by atoms with E-state index in [0.717, 1.165) is 12.4 Å². The average Bonchev–Trinajstić information content (AvgIpc) is 2.03. The molecule has 14 heavy (non-hydrogen) atoms. The molecule has 0 aliphatic heterocycles. The molecule has 0 aromatic carbocycles. The SMILES string of the molecule is FC(F)(F)C(F)(F)[CH]c1cnccn1. The highest BCUT2D eigenvalue weighted by Gasteiger charge is 2.57. The molecule has 0 bridgehead atoms. The lowest BCUT2D eigenvalue weighted by Crippen LogP contribution is -2.37. The van der Waals surface area contributed by atoms with Crippen LogP contribution >= 0.6 is 0 Å². The number of rotatable bonds is 2. The Balaban J connectivity index is 2.79. The van der Waals surface area contributed by atoms with Crippen molar-refractivity contribution < 1.29 is 22.0 Å². The molecule has 77 valence electrons. The van der Waals surface area contributed by atoms with E-state index in [4.69, 9.17) is 0 Å². The number of aromatic nitrogens is 2. The van der Waals surface area contributed by atoms with Crippen LogP contribution < -0.4 is 0 Å². The van der Waals surface area contributed by atoms with Gasteiger partial charge in [0.1, 0.15) is 0 Å². The molecular formula is C7H4F5N2. The van der Waals surface area contributed by atoms with E-state index in [1.54, 1.807) is 0 Å². The quantitative estimate of drug-likeness (QED) is 0.701. The zero-order valence-electron chi connectivity index (χ0n) is 6.59. The molecule has 0 unspecified atom stereocenters. The van der Waals surface area contributed by atoms with Gasteiger partial charge in [0.2, 0.25) is 0 Å². The van der Waals surface area contributed by atoms with E-state index >= 15 is 0 Å². The molecule has 1 aromatic rings. The molecule has 0 N–H and O–H groups in total. The van der Waals surface area contributed by atoms with Gasteiger partial charge in [-0.3, -0.25) is 9.97 Å². The van der Waals surface area contributed by atoms with E-state index in [2.05, 4.69) is 9.97 Å². The van der Waals surface area contributed by atoms with Gasteiger partial charge in [0.15, 0.2) is 0 Å². The summed E-state index contributed by atoms with van der Waals surface area (Å²) in [6.07, 6.45) is -2.87. The van der Waals surface area contributed by atoms with E-state index in [1.807, 2.05) is 0 Å². The van der Waals surface area contributed by atoms with E-state index < -0.39 is 17.8 Å². The van der Waals surface area contributed by atoms with Crippen molar-refractivity contribution in [3.63, 3.8) is 0 Å². The molecule has 1 radical (unpaired) electrons. The van der Waals surface area contributed by atoms with E-state index in [0.29, 0.717) is 0 Å². The molecule has 0 aliphatic rings. The predicted molar refractivity (Wildman–Crippen MR) is 36.4 cm³/mol. The summed E-state index contributed by atoms with van der Waals surface area (Å²) in [6, 6.07) is 0. The Morgan fingerprint density at radius 2 is 1.71 bits per heavy atom. The van der Waals surface area contributed by atoms with Crippen molar-refractivity contribution in [1.29, 1.82) is 0 Å². The maximum absolute atomic E-state index is 12.4. The first-order chi connectivity index (χ1) is 6.33. The lowest BCUT2D eigenvalue weighted by atomic mass is 10.2. The molecule has 1 heterocycles. The van der Waals surface area contributed by atoms with Crippen molar-refractivity contribution in [3.05, 3.63) is 30.7 Å². The smallest absolute Gasteiger partial charge is 0.261 e. The molecule has 0 spiro atoms. The Morgan fingerprint density at radius 3 is 2.14 bits per heavy atom. The fourth-order valence-corrected chi connectivity index (χ4v) is 0.653. The number of alkyl halides is 5. The summed E-state index contributed by atoms with van der Waals surface area (Å²) >= 11 is 0. The number of nitrogens with zero attached hydrogens (tertiary/aromatic N) is 2. The first-order valence-corrected chi connectivity index (χ1v) is 3.39. The highest BCUT2D eigenvalue weighted by atomic mass is 19.4. The van der Waals surface area contributed by atoms with Crippen molar-refractivity contribution in [2.75, 3.05) is 0 Å². The summed E-state index contributed by atoms with van der Waals surface area (Å²) in [5.74, 6) is -4.89. The van der Waals surface area contributed by atoms with Crippen LogP contribution in [0.5, 0.6) is 0 Å². The van der Waals surface area contributed by atoms with Crippen LogP contribution in [0.1, 0.15) is 5.69 Å². The van der Waals surface area contributed by atoms with Gasteiger partial charge in [0.05, 0.1) is 12.1 Å². The van der Waals surface area contributed by atoms with Gasteiger partial charge in [-0.05, 0) is 0 Å². The van der Waals surface area contributed by atoms with Crippen molar-refractivity contribution in [2.24, 2.45) is 0 Å². The lowest BCUT2D eigenvalue weighted by molar-refractivity contribution is -0.265. The van der Waals surface area contributed by atoms with Crippen molar-refractivity contribution in [1.82, 2.24) is 9.97 Å². The minimum absolute atomic E-state index is 0.278. The minimum atomic E-state index is -5.61. The maximum atomic E-state index is 12.4. The summed E-state index contributed by atoms with van der Waals surface area (Å²) in [5, 5.41) is 0. The summed E-state index contributed by atoms with van der Waals surface area (Å²) in [5.41, 5.74) is -0.519. The van der Waals surface area contributed by atoms with Gasteiger partial charge >= 0.3 is 12.1 Å². The van der Waals surface area contributed by atoms with E-state index in [1.165, 1.54) is 6.20 Å². The Bertz CT molecular complexity index is 295. The molecule has 0 saturated carbocycles. The summed E-state index contributed by atoms with van der Waals surface area (Å²) in [4.78, 5) is 6.64. The van der Waals surface area contributed by atoms with Crippen LogP contribution in [0.15, 0.2) is 18.6 Å². The molecule has 1 rings (SSSR count). The maximum Gasteiger partial charge on any atom is 0.454 e. The zero-order valence-corrected chi connectivity index (χ0v) is 6.59. The third kappa shape index (κ3) is 2.36. The van der Waals surface area contributed by atoms with Gasteiger partial charge in [-0.2, -0.15) is 22.0 Å². The van der Waals surface area contributed by atoms with Gasteiger partial charge in [0, 0.05) is 18.6 Å². The van der Waals surface area contributed by atoms with Crippen LogP contribution in [-0.4, -0.2) is 22.1 Å². The van der Waals surface area contributed by atoms with Crippen molar-refractivity contribution in [2.45, 2.75) is 12.1 Å². The van der Waals surface area contributed by atoms with Crippen LogP contribution in [0.2, 0.25) is 0 Å². The third-order valence-electron chi connectivity index (χ3n) is 1.29. The first kappa shape index (κ1) is 10.8. The zero-order chi connectivity index (χ0) is 10.8. The third-order valence-corrected chi connectivity index (χ3v) is 1.29. The number of hydrogen-bond donors (Lipinski definition) is 0. The van der Waals surface area contributed by atoms with Crippen molar-refractivity contribution in [3.8, 4) is 0 Å². The van der Waals surface area contributed by atoms with E-state index in [-0.39, 0.29) is 6.42 Å².